The molecule has 98 valence electrons. The summed E-state index contributed by atoms with van der Waals surface area (Å²) >= 11 is 6.00. The minimum Gasteiger partial charge on any atom is -0.478 e. The number of hydrogen-bond acceptors (Lipinski definition) is 4. The summed E-state index contributed by atoms with van der Waals surface area (Å²) in [5, 5.41) is 12.2. The number of halogens is 1. The van der Waals surface area contributed by atoms with Gasteiger partial charge in [0.25, 0.3) is 0 Å². The van der Waals surface area contributed by atoms with Crippen LogP contribution in [0.1, 0.15) is 29.0 Å². The third kappa shape index (κ3) is 3.20. The fourth-order valence-electron chi connectivity index (χ4n) is 1.57. The maximum Gasteiger partial charge on any atom is 0.337 e. The van der Waals surface area contributed by atoms with E-state index in [0.717, 1.165) is 5.69 Å². The van der Waals surface area contributed by atoms with Crippen molar-refractivity contribution in [2.45, 2.75) is 13.0 Å². The molecular weight excluding hydrogens is 266 g/mol. The molecule has 1 unspecified atom stereocenters. The van der Waals surface area contributed by atoms with Crippen LogP contribution in [0, 0.1) is 0 Å². The second kappa shape index (κ2) is 5.67. The first-order chi connectivity index (χ1) is 9.08. The van der Waals surface area contributed by atoms with E-state index in [-0.39, 0.29) is 16.6 Å². The zero-order chi connectivity index (χ0) is 13.8. The highest BCUT2D eigenvalue weighted by Gasteiger charge is 2.12. The van der Waals surface area contributed by atoms with Gasteiger partial charge in [0.1, 0.15) is 5.82 Å². The topological polar surface area (TPSA) is 75.1 Å². The lowest BCUT2D eigenvalue weighted by atomic mass is 10.2. The minimum atomic E-state index is -1.06. The van der Waals surface area contributed by atoms with Crippen LogP contribution in [-0.2, 0) is 0 Å². The smallest absolute Gasteiger partial charge is 0.337 e. The zero-order valence-electron chi connectivity index (χ0n) is 10.2. The monoisotopic (exact) mass is 277 g/mol. The predicted molar refractivity (Wildman–Crippen MR) is 72.5 cm³/mol. The van der Waals surface area contributed by atoms with Gasteiger partial charge in [-0.3, -0.25) is 4.98 Å². The molecule has 0 saturated carbocycles. The Morgan fingerprint density at radius 1 is 1.42 bits per heavy atom. The Morgan fingerprint density at radius 3 is 2.79 bits per heavy atom. The van der Waals surface area contributed by atoms with Gasteiger partial charge in [0.15, 0.2) is 0 Å². The van der Waals surface area contributed by atoms with E-state index in [1.807, 2.05) is 25.1 Å². The molecule has 6 heteroatoms. The third-order valence-corrected chi connectivity index (χ3v) is 2.86. The molecule has 0 bridgehead atoms. The number of carbonyl (C=O) groups is 1. The summed E-state index contributed by atoms with van der Waals surface area (Å²) in [5.41, 5.74) is 0.906. The number of carboxylic acids is 1. The van der Waals surface area contributed by atoms with Crippen LogP contribution < -0.4 is 5.32 Å². The average molecular weight is 278 g/mol. The van der Waals surface area contributed by atoms with Gasteiger partial charge in [0.2, 0.25) is 0 Å². The van der Waals surface area contributed by atoms with Gasteiger partial charge in [-0.2, -0.15) is 0 Å². The minimum absolute atomic E-state index is 0.0565. The molecule has 2 heterocycles. The first-order valence-electron chi connectivity index (χ1n) is 5.64. The van der Waals surface area contributed by atoms with E-state index in [2.05, 4.69) is 15.3 Å². The summed E-state index contributed by atoms with van der Waals surface area (Å²) in [5.74, 6) is -0.622. The number of rotatable bonds is 4. The Labute approximate surface area is 115 Å². The van der Waals surface area contributed by atoms with Gasteiger partial charge >= 0.3 is 5.97 Å². The van der Waals surface area contributed by atoms with Crippen LogP contribution in [-0.4, -0.2) is 21.0 Å². The normalized spacial score (nSPS) is 11.9. The Balaban J connectivity index is 2.18. The maximum atomic E-state index is 10.8. The zero-order valence-corrected chi connectivity index (χ0v) is 10.9. The number of aromatic nitrogens is 2. The molecule has 0 fully saturated rings. The molecule has 0 saturated heterocycles. The molecule has 2 aromatic heterocycles. The van der Waals surface area contributed by atoms with E-state index in [0.29, 0.717) is 5.82 Å². The van der Waals surface area contributed by atoms with Crippen LogP contribution in [0.15, 0.2) is 36.7 Å². The Kier molecular flexibility index (Phi) is 3.97. The number of pyridine rings is 2. The molecule has 5 nitrogen and oxygen atoms in total. The Hall–Kier alpha value is -2.14. The van der Waals surface area contributed by atoms with Crippen molar-refractivity contribution >= 4 is 23.4 Å². The molecular formula is C13H12ClN3O2. The third-order valence-electron chi connectivity index (χ3n) is 2.57. The number of anilines is 1. The quantitative estimate of drug-likeness (QED) is 0.898. The summed E-state index contributed by atoms with van der Waals surface area (Å²) in [6, 6.07) is 6.90. The summed E-state index contributed by atoms with van der Waals surface area (Å²) in [4.78, 5) is 19.0. The molecule has 0 amide bonds. The molecule has 0 spiro atoms. The first kappa shape index (κ1) is 13.3. The van der Waals surface area contributed by atoms with E-state index in [4.69, 9.17) is 16.7 Å². The van der Waals surface area contributed by atoms with Gasteiger partial charge in [-0.05, 0) is 25.1 Å². The van der Waals surface area contributed by atoms with Crippen molar-refractivity contribution in [2.24, 2.45) is 0 Å². The Morgan fingerprint density at radius 2 is 2.21 bits per heavy atom. The second-order valence-corrected chi connectivity index (χ2v) is 4.39. The number of aromatic carboxylic acids is 1. The van der Waals surface area contributed by atoms with E-state index in [1.165, 1.54) is 12.3 Å². The van der Waals surface area contributed by atoms with Gasteiger partial charge in [0, 0.05) is 12.4 Å². The van der Waals surface area contributed by atoms with Crippen molar-refractivity contribution in [1.82, 2.24) is 9.97 Å². The number of carboxylic acid groups (broad SMARTS) is 1. The van der Waals surface area contributed by atoms with Crippen molar-refractivity contribution in [3.05, 3.63) is 52.9 Å². The van der Waals surface area contributed by atoms with Crippen LogP contribution in [0.3, 0.4) is 0 Å². The number of nitrogens with zero attached hydrogens (tertiary/aromatic N) is 2. The molecule has 2 rings (SSSR count). The molecule has 0 radical (unpaired) electrons. The first-order valence-corrected chi connectivity index (χ1v) is 6.02. The van der Waals surface area contributed by atoms with Gasteiger partial charge < -0.3 is 10.4 Å². The second-order valence-electron chi connectivity index (χ2n) is 3.98. The predicted octanol–water partition coefficient (Wildman–Crippen LogP) is 3.00. The lowest BCUT2D eigenvalue weighted by Gasteiger charge is -2.14. The van der Waals surface area contributed by atoms with Gasteiger partial charge in [-0.25, -0.2) is 9.78 Å². The molecule has 0 aliphatic heterocycles. The van der Waals surface area contributed by atoms with E-state index in [9.17, 15) is 4.79 Å². The van der Waals surface area contributed by atoms with Crippen molar-refractivity contribution in [3.8, 4) is 0 Å². The molecule has 1 atom stereocenters. The summed E-state index contributed by atoms with van der Waals surface area (Å²) in [7, 11) is 0. The fraction of sp³-hybridized carbons (Fsp3) is 0.154. The van der Waals surface area contributed by atoms with Crippen LogP contribution >= 0.6 is 11.6 Å². The van der Waals surface area contributed by atoms with Gasteiger partial charge in [-0.1, -0.05) is 17.7 Å². The van der Waals surface area contributed by atoms with Crippen LogP contribution in [0.2, 0.25) is 5.02 Å². The van der Waals surface area contributed by atoms with Crippen molar-refractivity contribution < 1.29 is 9.90 Å². The molecule has 0 aromatic carbocycles. The molecule has 0 aliphatic carbocycles. The largest absolute Gasteiger partial charge is 0.478 e. The van der Waals surface area contributed by atoms with E-state index in [1.54, 1.807) is 6.20 Å². The van der Waals surface area contributed by atoms with Crippen molar-refractivity contribution in [2.75, 3.05) is 5.32 Å². The molecule has 2 aromatic rings. The van der Waals surface area contributed by atoms with Crippen LogP contribution in [0.5, 0.6) is 0 Å². The van der Waals surface area contributed by atoms with E-state index >= 15 is 0 Å². The van der Waals surface area contributed by atoms with E-state index < -0.39 is 5.97 Å². The highest BCUT2D eigenvalue weighted by Crippen LogP contribution is 2.24. The molecule has 2 N–H and O–H groups in total. The lowest BCUT2D eigenvalue weighted by Crippen LogP contribution is -2.10. The van der Waals surface area contributed by atoms with Crippen LogP contribution in [0.25, 0.3) is 0 Å². The number of hydrogen-bond donors (Lipinski definition) is 2. The highest BCUT2D eigenvalue weighted by atomic mass is 35.5. The standard InChI is InChI=1S/C13H12ClN3O2/c1-8(11-4-2-3-5-15-11)17-12-10(14)6-9(7-16-12)13(18)19/h2-8H,1H3,(H,16,17)(H,18,19). The highest BCUT2D eigenvalue weighted by molar-refractivity contribution is 6.33. The van der Waals surface area contributed by atoms with Gasteiger partial charge in [0.05, 0.1) is 22.3 Å². The SMILES string of the molecule is CC(Nc1ncc(C(=O)O)cc1Cl)c1ccccn1. The van der Waals surface area contributed by atoms with Crippen molar-refractivity contribution in [1.29, 1.82) is 0 Å². The van der Waals surface area contributed by atoms with Crippen molar-refractivity contribution in [3.63, 3.8) is 0 Å². The lowest BCUT2D eigenvalue weighted by molar-refractivity contribution is 0.0696. The fourth-order valence-corrected chi connectivity index (χ4v) is 1.79. The molecule has 19 heavy (non-hydrogen) atoms. The summed E-state index contributed by atoms with van der Waals surface area (Å²) < 4.78 is 0. The maximum absolute atomic E-state index is 10.8. The van der Waals surface area contributed by atoms with Gasteiger partial charge in [-0.15, -0.1) is 0 Å². The number of nitrogens with one attached hydrogen (secondary N) is 1. The Bertz CT molecular complexity index is 590. The summed E-state index contributed by atoms with van der Waals surface area (Å²) in [6.45, 7) is 1.92. The molecule has 0 aliphatic rings. The summed E-state index contributed by atoms with van der Waals surface area (Å²) in [6.07, 6.45) is 2.97. The average Bonchev–Trinajstić information content (AvgIpc) is 2.41. The van der Waals surface area contributed by atoms with Crippen LogP contribution in [0.4, 0.5) is 5.82 Å².